The summed E-state index contributed by atoms with van der Waals surface area (Å²) in [6, 6.07) is 3.97. The Morgan fingerprint density at radius 1 is 1.26 bits per heavy atom. The van der Waals surface area contributed by atoms with Crippen molar-refractivity contribution in [1.29, 1.82) is 0 Å². The van der Waals surface area contributed by atoms with Gasteiger partial charge < -0.3 is 15.2 Å². The molecule has 1 heterocycles. The van der Waals surface area contributed by atoms with E-state index in [9.17, 15) is 18.0 Å². The average Bonchev–Trinajstić information content (AvgIpc) is 2.67. The van der Waals surface area contributed by atoms with Gasteiger partial charge in [0.1, 0.15) is 0 Å². The Bertz CT molecular complexity index is 802. The number of rotatable bonds is 7. The molecule has 2 unspecified atom stereocenters. The molecule has 0 aromatic heterocycles. The monoisotopic (exact) mass is 398 g/mol. The SMILES string of the molecule is CCc1ccc(C(=O)NC(C)C(C)C(=O)O)cc1S(=O)(=O)N1CCOCC1. The number of benzene rings is 1. The van der Waals surface area contributed by atoms with Crippen LogP contribution in [0.25, 0.3) is 0 Å². The Kier molecular flexibility index (Phi) is 6.96. The normalized spacial score (nSPS) is 17.9. The maximum absolute atomic E-state index is 13.0. The zero-order valence-electron chi connectivity index (χ0n) is 15.8. The summed E-state index contributed by atoms with van der Waals surface area (Å²) in [7, 11) is -3.74. The molecule has 150 valence electrons. The van der Waals surface area contributed by atoms with E-state index in [4.69, 9.17) is 9.84 Å². The van der Waals surface area contributed by atoms with Crippen molar-refractivity contribution >= 4 is 21.9 Å². The fourth-order valence-corrected chi connectivity index (χ4v) is 4.51. The number of hydrogen-bond donors (Lipinski definition) is 2. The fourth-order valence-electron chi connectivity index (χ4n) is 2.78. The third-order valence-electron chi connectivity index (χ3n) is 4.80. The van der Waals surface area contributed by atoms with E-state index in [0.29, 0.717) is 25.2 Å². The van der Waals surface area contributed by atoms with Crippen molar-refractivity contribution in [2.24, 2.45) is 5.92 Å². The van der Waals surface area contributed by atoms with Crippen molar-refractivity contribution in [1.82, 2.24) is 9.62 Å². The first kappa shape index (κ1) is 21.3. The Hall–Kier alpha value is -1.97. The molecule has 0 saturated carbocycles. The lowest BCUT2D eigenvalue weighted by Crippen LogP contribution is -2.41. The molecule has 1 aliphatic heterocycles. The maximum atomic E-state index is 13.0. The standard InChI is InChI=1S/C18H26N2O6S/c1-4-14-5-6-15(17(21)19-13(3)12(2)18(22)23)11-16(14)27(24,25)20-7-9-26-10-8-20/h5-6,11-13H,4,7-10H2,1-3H3,(H,19,21)(H,22,23). The van der Waals surface area contributed by atoms with Gasteiger partial charge in [-0.1, -0.05) is 13.0 Å². The molecule has 1 fully saturated rings. The first-order valence-corrected chi connectivity index (χ1v) is 10.4. The zero-order valence-corrected chi connectivity index (χ0v) is 16.6. The van der Waals surface area contributed by atoms with E-state index in [1.54, 1.807) is 19.1 Å². The highest BCUT2D eigenvalue weighted by molar-refractivity contribution is 7.89. The van der Waals surface area contributed by atoms with E-state index in [2.05, 4.69) is 5.32 Å². The van der Waals surface area contributed by atoms with Gasteiger partial charge in [0, 0.05) is 24.7 Å². The summed E-state index contributed by atoms with van der Waals surface area (Å²) < 4.78 is 32.6. The molecule has 1 aromatic carbocycles. The smallest absolute Gasteiger partial charge is 0.308 e. The molecule has 1 amide bonds. The number of sulfonamides is 1. The number of nitrogens with one attached hydrogen (secondary N) is 1. The number of morpholine rings is 1. The van der Waals surface area contributed by atoms with Crippen LogP contribution in [0.5, 0.6) is 0 Å². The molecule has 0 aliphatic carbocycles. The largest absolute Gasteiger partial charge is 0.481 e. The number of carboxylic acids is 1. The maximum Gasteiger partial charge on any atom is 0.308 e. The van der Waals surface area contributed by atoms with Crippen LogP contribution in [0, 0.1) is 5.92 Å². The lowest BCUT2D eigenvalue weighted by atomic mass is 10.0. The van der Waals surface area contributed by atoms with Crippen LogP contribution in [0.3, 0.4) is 0 Å². The highest BCUT2D eigenvalue weighted by Gasteiger charge is 2.29. The van der Waals surface area contributed by atoms with Crippen LogP contribution < -0.4 is 5.32 Å². The molecular weight excluding hydrogens is 372 g/mol. The molecule has 9 heteroatoms. The Labute approximate surface area is 159 Å². The van der Waals surface area contributed by atoms with Gasteiger partial charge in [0.2, 0.25) is 10.0 Å². The second-order valence-electron chi connectivity index (χ2n) is 6.58. The molecule has 8 nitrogen and oxygen atoms in total. The summed E-state index contributed by atoms with van der Waals surface area (Å²) in [6.07, 6.45) is 0.507. The van der Waals surface area contributed by atoms with E-state index in [1.165, 1.54) is 17.3 Å². The summed E-state index contributed by atoms with van der Waals surface area (Å²) in [5, 5.41) is 11.7. The molecule has 1 aromatic rings. The molecule has 1 saturated heterocycles. The molecule has 2 N–H and O–H groups in total. The second kappa shape index (κ2) is 8.81. The minimum Gasteiger partial charge on any atom is -0.481 e. The first-order chi connectivity index (χ1) is 12.7. The number of aryl methyl sites for hydroxylation is 1. The van der Waals surface area contributed by atoms with E-state index < -0.39 is 33.9 Å². The van der Waals surface area contributed by atoms with Crippen LogP contribution in [0.15, 0.2) is 23.1 Å². The van der Waals surface area contributed by atoms with Crippen LogP contribution in [-0.4, -0.2) is 62.1 Å². The van der Waals surface area contributed by atoms with Crippen LogP contribution in [0.2, 0.25) is 0 Å². The van der Waals surface area contributed by atoms with Gasteiger partial charge in [-0.3, -0.25) is 9.59 Å². The molecule has 27 heavy (non-hydrogen) atoms. The van der Waals surface area contributed by atoms with Crippen molar-refractivity contribution < 1.29 is 27.9 Å². The molecule has 0 spiro atoms. The third kappa shape index (κ3) is 4.85. The Morgan fingerprint density at radius 3 is 2.44 bits per heavy atom. The summed E-state index contributed by atoms with van der Waals surface area (Å²) in [4.78, 5) is 23.7. The molecular formula is C18H26N2O6S. The van der Waals surface area contributed by atoms with Crippen molar-refractivity contribution in [3.8, 4) is 0 Å². The summed E-state index contributed by atoms with van der Waals surface area (Å²) in [5.74, 6) is -2.28. The summed E-state index contributed by atoms with van der Waals surface area (Å²) in [5.41, 5.74) is 0.813. The van der Waals surface area contributed by atoms with Crippen molar-refractivity contribution in [2.75, 3.05) is 26.3 Å². The predicted octanol–water partition coefficient (Wildman–Crippen LogP) is 1.11. The van der Waals surface area contributed by atoms with Crippen LogP contribution in [0.4, 0.5) is 0 Å². The van der Waals surface area contributed by atoms with Crippen LogP contribution >= 0.6 is 0 Å². The molecule has 0 bridgehead atoms. The van der Waals surface area contributed by atoms with Gasteiger partial charge in [0.25, 0.3) is 5.91 Å². The summed E-state index contributed by atoms with van der Waals surface area (Å²) in [6.45, 7) is 6.18. The lowest BCUT2D eigenvalue weighted by Gasteiger charge is -2.27. The van der Waals surface area contributed by atoms with Gasteiger partial charge in [-0.2, -0.15) is 4.31 Å². The van der Waals surface area contributed by atoms with Crippen molar-refractivity contribution in [3.63, 3.8) is 0 Å². The number of hydrogen-bond acceptors (Lipinski definition) is 5. The number of carbonyl (C=O) groups is 2. The van der Waals surface area contributed by atoms with E-state index in [0.717, 1.165) is 0 Å². The first-order valence-electron chi connectivity index (χ1n) is 8.93. The van der Waals surface area contributed by atoms with E-state index in [-0.39, 0.29) is 23.5 Å². The molecule has 1 aliphatic rings. The van der Waals surface area contributed by atoms with Crippen LogP contribution in [0.1, 0.15) is 36.7 Å². The van der Waals surface area contributed by atoms with Gasteiger partial charge in [-0.15, -0.1) is 0 Å². The van der Waals surface area contributed by atoms with Gasteiger partial charge in [0.15, 0.2) is 0 Å². The van der Waals surface area contributed by atoms with Gasteiger partial charge >= 0.3 is 5.97 Å². The number of amides is 1. The number of aliphatic carboxylic acids is 1. The van der Waals surface area contributed by atoms with Gasteiger partial charge in [-0.05, 0) is 38.0 Å². The quantitative estimate of drug-likeness (QED) is 0.711. The highest BCUT2D eigenvalue weighted by atomic mass is 32.2. The predicted molar refractivity (Wildman–Crippen MR) is 99.1 cm³/mol. The van der Waals surface area contributed by atoms with Gasteiger partial charge in [-0.25, -0.2) is 8.42 Å². The van der Waals surface area contributed by atoms with E-state index in [1.807, 2.05) is 6.92 Å². The lowest BCUT2D eigenvalue weighted by molar-refractivity contribution is -0.141. The zero-order chi connectivity index (χ0) is 20.2. The fraction of sp³-hybridized carbons (Fsp3) is 0.556. The average molecular weight is 398 g/mol. The third-order valence-corrected chi connectivity index (χ3v) is 6.78. The minimum atomic E-state index is -3.74. The second-order valence-corrected chi connectivity index (χ2v) is 8.49. The van der Waals surface area contributed by atoms with Gasteiger partial charge in [0.05, 0.1) is 24.0 Å². The van der Waals surface area contributed by atoms with E-state index >= 15 is 0 Å². The van der Waals surface area contributed by atoms with Crippen LogP contribution in [-0.2, 0) is 26.0 Å². The molecule has 0 radical (unpaired) electrons. The Balaban J connectivity index is 2.31. The minimum absolute atomic E-state index is 0.110. The topological polar surface area (TPSA) is 113 Å². The van der Waals surface area contributed by atoms with Crippen molar-refractivity contribution in [3.05, 3.63) is 29.3 Å². The summed E-state index contributed by atoms with van der Waals surface area (Å²) >= 11 is 0. The van der Waals surface area contributed by atoms with Crippen molar-refractivity contribution in [2.45, 2.75) is 38.1 Å². The Morgan fingerprint density at radius 2 is 1.89 bits per heavy atom. The molecule has 2 atom stereocenters. The highest BCUT2D eigenvalue weighted by Crippen LogP contribution is 2.23. The number of carboxylic acid groups (broad SMARTS) is 1. The molecule has 2 rings (SSSR count). The number of carbonyl (C=O) groups excluding carboxylic acids is 1. The number of ether oxygens (including phenoxy) is 1. The number of nitrogens with zero attached hydrogens (tertiary/aromatic N) is 1.